The zero-order valence-electron chi connectivity index (χ0n) is 17.2. The number of rotatable bonds is 5. The van der Waals surface area contributed by atoms with Gasteiger partial charge in [-0.05, 0) is 37.3 Å². The monoisotopic (exact) mass is 405 g/mol. The number of likely N-dealkylation sites (tertiary alicyclic amines) is 1. The molecule has 2 aliphatic rings. The van der Waals surface area contributed by atoms with Gasteiger partial charge in [0.25, 0.3) is 5.91 Å². The molecule has 30 heavy (non-hydrogen) atoms. The van der Waals surface area contributed by atoms with Gasteiger partial charge < -0.3 is 10.2 Å². The molecule has 2 fully saturated rings. The molecule has 2 aliphatic heterocycles. The summed E-state index contributed by atoms with van der Waals surface area (Å²) < 4.78 is 0. The number of amides is 4. The van der Waals surface area contributed by atoms with Crippen molar-refractivity contribution < 1.29 is 14.4 Å². The first kappa shape index (κ1) is 20.1. The predicted molar refractivity (Wildman–Crippen MR) is 114 cm³/mol. The van der Waals surface area contributed by atoms with E-state index in [0.29, 0.717) is 18.5 Å². The Labute approximate surface area is 176 Å². The Balaban J connectivity index is 1.63. The first-order valence-electron chi connectivity index (χ1n) is 10.5. The first-order chi connectivity index (χ1) is 14.5. The quantitative estimate of drug-likeness (QED) is 0.778. The maximum Gasteiger partial charge on any atom is 0.325 e. The topological polar surface area (TPSA) is 69.7 Å². The molecule has 6 nitrogen and oxygen atoms in total. The van der Waals surface area contributed by atoms with Crippen LogP contribution in [0.2, 0.25) is 0 Å². The number of nitrogens with one attached hydrogen (secondary N) is 1. The van der Waals surface area contributed by atoms with Crippen LogP contribution in [0.1, 0.15) is 37.3 Å². The van der Waals surface area contributed by atoms with Crippen molar-refractivity contribution in [2.45, 2.75) is 44.2 Å². The van der Waals surface area contributed by atoms with Crippen molar-refractivity contribution in [1.82, 2.24) is 15.1 Å². The molecule has 0 aromatic heterocycles. The third-order valence-corrected chi connectivity index (χ3v) is 6.17. The van der Waals surface area contributed by atoms with Gasteiger partial charge in [0, 0.05) is 19.0 Å². The van der Waals surface area contributed by atoms with Crippen molar-refractivity contribution in [3.63, 3.8) is 0 Å². The van der Waals surface area contributed by atoms with Crippen molar-refractivity contribution in [2.75, 3.05) is 13.1 Å². The van der Waals surface area contributed by atoms with Gasteiger partial charge in [0.2, 0.25) is 5.91 Å². The van der Waals surface area contributed by atoms with E-state index in [1.807, 2.05) is 67.6 Å². The lowest BCUT2D eigenvalue weighted by Gasteiger charge is -2.34. The summed E-state index contributed by atoms with van der Waals surface area (Å²) in [6.45, 7) is 2.47. The van der Waals surface area contributed by atoms with Crippen LogP contribution in [0.5, 0.6) is 0 Å². The fourth-order valence-corrected chi connectivity index (χ4v) is 4.51. The minimum atomic E-state index is -1.21. The van der Waals surface area contributed by atoms with Crippen molar-refractivity contribution in [1.29, 1.82) is 0 Å². The highest BCUT2D eigenvalue weighted by Crippen LogP contribution is 2.33. The lowest BCUT2D eigenvalue weighted by Crippen LogP contribution is -2.49. The summed E-state index contributed by atoms with van der Waals surface area (Å²) in [4.78, 5) is 42.3. The standard InChI is InChI=1S/C24H27N3O3/c1-18-10-8-9-15-26(18)21(28)17-27-22(29)24(25-23(27)30,20-13-6-3-7-14-20)16-19-11-4-2-5-12-19/h2-7,11-14,18H,8-10,15-17H2,1H3,(H,25,30). The molecule has 156 valence electrons. The molecule has 0 radical (unpaired) electrons. The van der Waals surface area contributed by atoms with E-state index in [-0.39, 0.29) is 24.4 Å². The van der Waals surface area contributed by atoms with E-state index in [1.165, 1.54) is 0 Å². The molecule has 2 aromatic carbocycles. The van der Waals surface area contributed by atoms with E-state index in [9.17, 15) is 14.4 Å². The van der Waals surface area contributed by atoms with Crippen molar-refractivity contribution in [3.05, 3.63) is 71.8 Å². The molecule has 2 saturated heterocycles. The smallest absolute Gasteiger partial charge is 0.325 e. The van der Waals surface area contributed by atoms with Crippen LogP contribution >= 0.6 is 0 Å². The molecule has 6 heteroatoms. The molecule has 2 atom stereocenters. The highest BCUT2D eigenvalue weighted by molar-refractivity contribution is 6.09. The summed E-state index contributed by atoms with van der Waals surface area (Å²) in [7, 11) is 0. The lowest BCUT2D eigenvalue weighted by atomic mass is 9.83. The van der Waals surface area contributed by atoms with Crippen LogP contribution in [-0.4, -0.2) is 46.8 Å². The maximum atomic E-state index is 13.6. The second-order valence-electron chi connectivity index (χ2n) is 8.19. The molecular weight excluding hydrogens is 378 g/mol. The van der Waals surface area contributed by atoms with Gasteiger partial charge in [-0.1, -0.05) is 60.7 Å². The molecule has 0 aliphatic carbocycles. The Morgan fingerprint density at radius 2 is 1.70 bits per heavy atom. The molecule has 0 bridgehead atoms. The Morgan fingerprint density at radius 1 is 1.03 bits per heavy atom. The van der Waals surface area contributed by atoms with Crippen LogP contribution in [0.25, 0.3) is 0 Å². The largest absolute Gasteiger partial charge is 0.338 e. The SMILES string of the molecule is CC1CCCCN1C(=O)CN1C(=O)NC(Cc2ccccc2)(c2ccccc2)C1=O. The Kier molecular flexibility index (Phi) is 5.57. The summed E-state index contributed by atoms with van der Waals surface area (Å²) in [5, 5.41) is 2.92. The van der Waals surface area contributed by atoms with Gasteiger partial charge in [-0.15, -0.1) is 0 Å². The summed E-state index contributed by atoms with van der Waals surface area (Å²) >= 11 is 0. The number of urea groups is 1. The van der Waals surface area contributed by atoms with Crippen LogP contribution in [0.4, 0.5) is 4.79 Å². The molecule has 4 rings (SSSR count). The zero-order chi connectivity index (χ0) is 21.1. The Hall–Kier alpha value is -3.15. The van der Waals surface area contributed by atoms with Gasteiger partial charge in [0.05, 0.1) is 0 Å². The average Bonchev–Trinajstić information content (AvgIpc) is 3.00. The second-order valence-corrected chi connectivity index (χ2v) is 8.19. The molecule has 4 amide bonds. The van der Waals surface area contributed by atoms with Crippen molar-refractivity contribution in [2.24, 2.45) is 0 Å². The van der Waals surface area contributed by atoms with Crippen LogP contribution in [-0.2, 0) is 21.5 Å². The molecule has 2 aromatic rings. The summed E-state index contributed by atoms with van der Waals surface area (Å²) in [5.74, 6) is -0.546. The van der Waals surface area contributed by atoms with E-state index < -0.39 is 11.6 Å². The summed E-state index contributed by atoms with van der Waals surface area (Å²) in [6.07, 6.45) is 3.33. The van der Waals surface area contributed by atoms with E-state index >= 15 is 0 Å². The normalized spacial score (nSPS) is 24.1. The number of benzene rings is 2. The minimum Gasteiger partial charge on any atom is -0.338 e. The van der Waals surface area contributed by atoms with E-state index in [2.05, 4.69) is 5.32 Å². The molecular formula is C24H27N3O3. The van der Waals surface area contributed by atoms with E-state index in [4.69, 9.17) is 0 Å². The number of piperidine rings is 1. The average molecular weight is 405 g/mol. The number of imide groups is 1. The Bertz CT molecular complexity index is 931. The van der Waals surface area contributed by atoms with Gasteiger partial charge in [-0.3, -0.25) is 14.5 Å². The van der Waals surface area contributed by atoms with Crippen LogP contribution in [0, 0.1) is 0 Å². The molecule has 1 N–H and O–H groups in total. The third-order valence-electron chi connectivity index (χ3n) is 6.17. The van der Waals surface area contributed by atoms with Crippen LogP contribution in [0.3, 0.4) is 0 Å². The van der Waals surface area contributed by atoms with Gasteiger partial charge in [-0.25, -0.2) is 4.79 Å². The van der Waals surface area contributed by atoms with Gasteiger partial charge in [-0.2, -0.15) is 0 Å². The lowest BCUT2D eigenvalue weighted by molar-refractivity contribution is -0.141. The molecule has 2 heterocycles. The number of carbonyl (C=O) groups excluding carboxylic acids is 3. The van der Waals surface area contributed by atoms with E-state index in [0.717, 1.165) is 29.7 Å². The predicted octanol–water partition coefficient (Wildman–Crippen LogP) is 3.08. The summed E-state index contributed by atoms with van der Waals surface area (Å²) in [6, 6.07) is 18.5. The summed E-state index contributed by atoms with van der Waals surface area (Å²) in [5.41, 5.74) is 0.439. The zero-order valence-corrected chi connectivity index (χ0v) is 17.2. The number of hydrogen-bond acceptors (Lipinski definition) is 3. The van der Waals surface area contributed by atoms with Gasteiger partial charge >= 0.3 is 6.03 Å². The van der Waals surface area contributed by atoms with E-state index in [1.54, 1.807) is 4.90 Å². The first-order valence-corrected chi connectivity index (χ1v) is 10.5. The molecule has 2 unspecified atom stereocenters. The number of carbonyl (C=O) groups is 3. The van der Waals surface area contributed by atoms with Crippen molar-refractivity contribution in [3.8, 4) is 0 Å². The van der Waals surface area contributed by atoms with Crippen LogP contribution in [0.15, 0.2) is 60.7 Å². The molecule has 0 spiro atoms. The Morgan fingerprint density at radius 3 is 2.37 bits per heavy atom. The highest BCUT2D eigenvalue weighted by atomic mass is 16.2. The second kappa shape index (κ2) is 8.30. The molecule has 0 saturated carbocycles. The van der Waals surface area contributed by atoms with Crippen molar-refractivity contribution >= 4 is 17.8 Å². The van der Waals surface area contributed by atoms with Gasteiger partial charge in [0.15, 0.2) is 5.54 Å². The van der Waals surface area contributed by atoms with Gasteiger partial charge in [0.1, 0.15) is 6.54 Å². The third kappa shape index (κ3) is 3.70. The highest BCUT2D eigenvalue weighted by Gasteiger charge is 2.53. The minimum absolute atomic E-state index is 0.134. The number of hydrogen-bond donors (Lipinski definition) is 1. The fraction of sp³-hybridized carbons (Fsp3) is 0.375. The number of nitrogens with zero attached hydrogens (tertiary/aromatic N) is 2. The van der Waals surface area contributed by atoms with Crippen LogP contribution < -0.4 is 5.32 Å². The fourth-order valence-electron chi connectivity index (χ4n) is 4.51. The maximum absolute atomic E-state index is 13.6.